The molecule has 1 fully saturated rings. The molecule has 1 aliphatic heterocycles. The van der Waals surface area contributed by atoms with Crippen molar-refractivity contribution in [3.63, 3.8) is 0 Å². The molecule has 3 rings (SSSR count). The van der Waals surface area contributed by atoms with E-state index in [-0.39, 0.29) is 44.1 Å². The first kappa shape index (κ1) is 32.1. The van der Waals surface area contributed by atoms with E-state index < -0.39 is 66.2 Å². The number of hydrogen-bond donors (Lipinski definition) is 0. The largest absolute Gasteiger partial charge is 0.418 e. The molecule has 0 N–H and O–H groups in total. The number of non-ortho nitro benzene ring substituents is 1. The number of aromatic nitrogens is 1. The second kappa shape index (κ2) is 13.1. The fourth-order valence-corrected chi connectivity index (χ4v) is 6.67. The maximum Gasteiger partial charge on any atom is 0.418 e. The Labute approximate surface area is 238 Å². The van der Waals surface area contributed by atoms with E-state index in [4.69, 9.17) is 0 Å². The van der Waals surface area contributed by atoms with Gasteiger partial charge in [-0.25, -0.2) is 8.42 Å². The summed E-state index contributed by atoms with van der Waals surface area (Å²) >= 11 is 3.12. The smallest absolute Gasteiger partial charge is 0.367 e. The molecule has 1 aromatic carbocycles. The summed E-state index contributed by atoms with van der Waals surface area (Å²) < 4.78 is 98.9. The topological polar surface area (TPSA) is 143 Å². The lowest BCUT2D eigenvalue weighted by Gasteiger charge is -2.35. The number of hydrogen-bond acceptors (Lipinski definition) is 10. The minimum Gasteiger partial charge on any atom is -0.367 e. The molecule has 18 heteroatoms. The molecule has 40 heavy (non-hydrogen) atoms. The van der Waals surface area contributed by atoms with Crippen LogP contribution >= 0.6 is 15.9 Å². The van der Waals surface area contributed by atoms with Crippen LogP contribution < -0.4 is 4.90 Å². The van der Waals surface area contributed by atoms with E-state index in [9.17, 15) is 40.1 Å². The van der Waals surface area contributed by atoms with Gasteiger partial charge < -0.3 is 4.90 Å². The van der Waals surface area contributed by atoms with E-state index in [1.807, 2.05) is 11.0 Å². The molecule has 0 spiro atoms. The van der Waals surface area contributed by atoms with Gasteiger partial charge in [-0.05, 0) is 11.6 Å². The van der Waals surface area contributed by atoms with Crippen molar-refractivity contribution in [1.29, 1.82) is 0 Å². The Morgan fingerprint density at radius 3 is 2.35 bits per heavy atom. The average molecular weight is 675 g/mol. The second-order valence-corrected chi connectivity index (χ2v) is 13.2. The van der Waals surface area contributed by atoms with Crippen molar-refractivity contribution in [3.8, 4) is 0 Å². The van der Waals surface area contributed by atoms with Gasteiger partial charge >= 0.3 is 6.18 Å². The Hall–Kier alpha value is -2.38. The number of piperazine rings is 1. The first-order valence-electron chi connectivity index (χ1n) is 11.8. The summed E-state index contributed by atoms with van der Waals surface area (Å²) in [5.74, 6) is 0. The van der Waals surface area contributed by atoms with Crippen LogP contribution in [0.25, 0.3) is 0 Å². The van der Waals surface area contributed by atoms with E-state index in [2.05, 4.69) is 25.1 Å². The van der Waals surface area contributed by atoms with Gasteiger partial charge in [-0.2, -0.15) is 25.9 Å². The number of sulfonamides is 1. The standard InChI is InChI=1S/C22H27BrF3N5O7S2/c1-39(34,35)38-12-11-29(6-4-23)21-19(22(24,25)26)13-18(31(32)33)14-20(21)40(36,37)30-9-7-28(8-10-30)16-17-3-2-5-27-15-17/h2-3,5,13-15H,4,6-12,16H2,1H3. The molecule has 0 radical (unpaired) electrons. The highest BCUT2D eigenvalue weighted by Gasteiger charge is 2.42. The van der Waals surface area contributed by atoms with Crippen LogP contribution in [0.5, 0.6) is 0 Å². The highest BCUT2D eigenvalue weighted by atomic mass is 79.9. The van der Waals surface area contributed by atoms with Crippen LogP contribution in [0, 0.1) is 10.1 Å². The molecule has 1 aromatic heterocycles. The Bertz CT molecular complexity index is 1410. The number of halogens is 4. The van der Waals surface area contributed by atoms with Crippen LogP contribution in [-0.4, -0.2) is 93.4 Å². The Morgan fingerprint density at radius 2 is 1.82 bits per heavy atom. The third-order valence-corrected chi connectivity index (χ3v) is 8.84. The number of nitro groups is 1. The van der Waals surface area contributed by atoms with E-state index in [1.165, 1.54) is 0 Å². The minimum absolute atomic E-state index is 0.0677. The molecule has 0 saturated carbocycles. The number of rotatable bonds is 12. The normalized spacial score (nSPS) is 15.7. The molecule has 2 heterocycles. The summed E-state index contributed by atoms with van der Waals surface area (Å²) in [5, 5.41) is 11.6. The Kier molecular flexibility index (Phi) is 10.5. The highest BCUT2D eigenvalue weighted by molar-refractivity contribution is 9.09. The van der Waals surface area contributed by atoms with Crippen LogP contribution in [0.15, 0.2) is 41.6 Å². The molecule has 2 aromatic rings. The lowest BCUT2D eigenvalue weighted by molar-refractivity contribution is -0.385. The molecule has 222 valence electrons. The number of nitro benzene ring substituents is 1. The van der Waals surface area contributed by atoms with E-state index in [0.29, 0.717) is 12.6 Å². The lowest BCUT2D eigenvalue weighted by atomic mass is 10.1. The van der Waals surface area contributed by atoms with Crippen molar-refractivity contribution in [1.82, 2.24) is 14.2 Å². The van der Waals surface area contributed by atoms with Crippen molar-refractivity contribution in [2.45, 2.75) is 17.6 Å². The zero-order valence-corrected chi connectivity index (χ0v) is 24.5. The third-order valence-electron chi connectivity index (χ3n) is 5.98. The molecule has 0 amide bonds. The number of benzene rings is 1. The third kappa shape index (κ3) is 8.32. The van der Waals surface area contributed by atoms with Gasteiger partial charge in [0.05, 0.1) is 29.0 Å². The second-order valence-electron chi connectivity index (χ2n) is 8.84. The Balaban J connectivity index is 2.04. The van der Waals surface area contributed by atoms with E-state index in [0.717, 1.165) is 21.0 Å². The summed E-state index contributed by atoms with van der Waals surface area (Å²) in [4.78, 5) is 16.6. The minimum atomic E-state index is -5.17. The lowest BCUT2D eigenvalue weighted by Crippen LogP contribution is -2.48. The summed E-state index contributed by atoms with van der Waals surface area (Å²) in [6.45, 7) is -0.330. The zero-order chi connectivity index (χ0) is 29.7. The Morgan fingerprint density at radius 1 is 1.15 bits per heavy atom. The summed E-state index contributed by atoms with van der Waals surface area (Å²) in [6.07, 6.45) is -1.12. The van der Waals surface area contributed by atoms with Gasteiger partial charge in [0.15, 0.2) is 0 Å². The van der Waals surface area contributed by atoms with Gasteiger partial charge in [-0.3, -0.25) is 24.2 Å². The van der Waals surface area contributed by atoms with Crippen molar-refractivity contribution in [2.24, 2.45) is 0 Å². The van der Waals surface area contributed by atoms with Crippen LogP contribution in [0.4, 0.5) is 24.5 Å². The summed E-state index contributed by atoms with van der Waals surface area (Å²) in [6, 6.07) is 4.51. The van der Waals surface area contributed by atoms with Crippen molar-refractivity contribution in [2.75, 3.05) is 62.4 Å². The van der Waals surface area contributed by atoms with Gasteiger partial charge in [0.2, 0.25) is 10.0 Å². The molecule has 0 unspecified atom stereocenters. The molecule has 1 saturated heterocycles. The van der Waals surface area contributed by atoms with Gasteiger partial charge in [0, 0.05) is 75.7 Å². The number of pyridine rings is 1. The fraction of sp³-hybridized carbons (Fsp3) is 0.500. The SMILES string of the molecule is CS(=O)(=O)OCCN(CCBr)c1c(C(F)(F)F)cc([N+](=O)[O-])cc1S(=O)(=O)N1CCN(Cc2cccnc2)CC1. The van der Waals surface area contributed by atoms with E-state index in [1.54, 1.807) is 18.5 Å². The van der Waals surface area contributed by atoms with E-state index >= 15 is 0 Å². The average Bonchev–Trinajstić information content (AvgIpc) is 2.87. The number of nitrogens with zero attached hydrogens (tertiary/aromatic N) is 5. The highest BCUT2D eigenvalue weighted by Crippen LogP contribution is 2.43. The maximum absolute atomic E-state index is 14.3. The van der Waals surface area contributed by atoms with Crippen LogP contribution in [0.3, 0.4) is 0 Å². The van der Waals surface area contributed by atoms with Crippen LogP contribution in [0.1, 0.15) is 11.1 Å². The fourth-order valence-electron chi connectivity index (χ4n) is 4.19. The van der Waals surface area contributed by atoms with Crippen LogP contribution in [-0.2, 0) is 37.0 Å². The molecule has 1 aliphatic rings. The number of anilines is 1. The van der Waals surface area contributed by atoms with Gasteiger partial charge in [0.25, 0.3) is 15.8 Å². The van der Waals surface area contributed by atoms with Gasteiger partial charge in [-0.15, -0.1) is 0 Å². The molecular formula is C22H27BrF3N5O7S2. The predicted molar refractivity (Wildman–Crippen MR) is 143 cm³/mol. The zero-order valence-electron chi connectivity index (χ0n) is 21.3. The predicted octanol–water partition coefficient (Wildman–Crippen LogP) is 2.69. The van der Waals surface area contributed by atoms with Crippen molar-refractivity contribution >= 4 is 47.4 Å². The first-order valence-corrected chi connectivity index (χ1v) is 16.2. The van der Waals surface area contributed by atoms with Crippen molar-refractivity contribution < 1.29 is 39.1 Å². The van der Waals surface area contributed by atoms with Gasteiger partial charge in [0.1, 0.15) is 4.90 Å². The number of alkyl halides is 4. The van der Waals surface area contributed by atoms with Crippen LogP contribution in [0.2, 0.25) is 0 Å². The molecule has 0 bridgehead atoms. The molecular weight excluding hydrogens is 647 g/mol. The summed E-state index contributed by atoms with van der Waals surface area (Å²) in [5.41, 5.74) is -2.49. The van der Waals surface area contributed by atoms with Crippen molar-refractivity contribution in [3.05, 3.63) is 57.9 Å². The monoisotopic (exact) mass is 673 g/mol. The maximum atomic E-state index is 14.3. The molecule has 12 nitrogen and oxygen atoms in total. The summed E-state index contributed by atoms with van der Waals surface area (Å²) in [7, 11) is -8.61. The first-order chi connectivity index (χ1) is 18.6. The van der Waals surface area contributed by atoms with Gasteiger partial charge in [-0.1, -0.05) is 22.0 Å². The molecule has 0 aliphatic carbocycles. The quantitative estimate of drug-likeness (QED) is 0.143. The molecule has 0 atom stereocenters.